The molecule has 2 aromatic carbocycles. The second-order valence-electron chi connectivity index (χ2n) is 6.59. The van der Waals surface area contributed by atoms with E-state index >= 15 is 0 Å². The van der Waals surface area contributed by atoms with Gasteiger partial charge in [0.15, 0.2) is 0 Å². The molecule has 30 heavy (non-hydrogen) atoms. The number of amides is 3. The highest BCUT2D eigenvalue weighted by Crippen LogP contribution is 2.25. The number of carboxylic acid groups (broad SMARTS) is 1. The average molecular weight is 406 g/mol. The van der Waals surface area contributed by atoms with Gasteiger partial charge in [-0.3, -0.25) is 9.69 Å². The Morgan fingerprint density at radius 3 is 2.40 bits per heavy atom. The molecule has 2 heterocycles. The number of aromatic carboxylic acids is 1. The van der Waals surface area contributed by atoms with E-state index in [-0.39, 0.29) is 17.8 Å². The van der Waals surface area contributed by atoms with Gasteiger partial charge in [-0.05, 0) is 42.0 Å². The molecule has 0 unspecified atom stereocenters. The zero-order valence-corrected chi connectivity index (χ0v) is 15.5. The smallest absolute Gasteiger partial charge is 0.335 e. The fraction of sp³-hybridized carbons (Fsp3) is 0.0455. The normalized spacial score (nSPS) is 15.0. The molecule has 0 aliphatic carbocycles. The third-order valence-corrected chi connectivity index (χ3v) is 4.55. The van der Waals surface area contributed by atoms with Crippen LogP contribution in [0.4, 0.5) is 9.18 Å². The fourth-order valence-electron chi connectivity index (χ4n) is 2.99. The number of imide groups is 1. The van der Waals surface area contributed by atoms with Crippen molar-refractivity contribution in [1.82, 2.24) is 10.2 Å². The number of hydrogen-bond donors (Lipinski definition) is 2. The summed E-state index contributed by atoms with van der Waals surface area (Å²) in [7, 11) is 0. The lowest BCUT2D eigenvalue weighted by Crippen LogP contribution is -2.30. The first-order chi connectivity index (χ1) is 14.4. The number of nitrogens with zero attached hydrogens (tertiary/aromatic N) is 1. The van der Waals surface area contributed by atoms with Gasteiger partial charge in [0.2, 0.25) is 0 Å². The number of carbonyl (C=O) groups excluding carboxylic acids is 2. The van der Waals surface area contributed by atoms with Crippen molar-refractivity contribution >= 4 is 24.0 Å². The second-order valence-corrected chi connectivity index (χ2v) is 6.59. The van der Waals surface area contributed by atoms with Gasteiger partial charge in [0, 0.05) is 11.6 Å². The van der Waals surface area contributed by atoms with Gasteiger partial charge in [0.1, 0.15) is 23.0 Å². The second kappa shape index (κ2) is 7.67. The molecule has 3 amide bonds. The van der Waals surface area contributed by atoms with E-state index in [4.69, 9.17) is 9.52 Å². The van der Waals surface area contributed by atoms with Crippen molar-refractivity contribution in [3.8, 4) is 11.3 Å². The SMILES string of the molecule is O=C(O)c1ccc(-c2ccc(/C=C3/NC(=O)N(Cc4ccc(F)cc4)C3=O)o2)cc1. The van der Waals surface area contributed by atoms with E-state index in [1.807, 2.05) is 0 Å². The summed E-state index contributed by atoms with van der Waals surface area (Å²) in [4.78, 5) is 36.7. The topological polar surface area (TPSA) is 99.9 Å². The third-order valence-electron chi connectivity index (χ3n) is 4.55. The first-order valence-electron chi connectivity index (χ1n) is 8.93. The van der Waals surface area contributed by atoms with Crippen LogP contribution in [0.5, 0.6) is 0 Å². The largest absolute Gasteiger partial charge is 0.478 e. The summed E-state index contributed by atoms with van der Waals surface area (Å²) < 4.78 is 18.7. The van der Waals surface area contributed by atoms with Gasteiger partial charge in [-0.2, -0.15) is 0 Å². The Hall–Kier alpha value is -4.20. The Morgan fingerprint density at radius 1 is 1.03 bits per heavy atom. The van der Waals surface area contributed by atoms with Crippen LogP contribution in [0.15, 0.2) is 70.8 Å². The van der Waals surface area contributed by atoms with Crippen LogP contribution < -0.4 is 5.32 Å². The molecule has 3 aromatic rings. The molecule has 1 fully saturated rings. The van der Waals surface area contributed by atoms with Gasteiger partial charge in [-0.1, -0.05) is 24.3 Å². The zero-order valence-electron chi connectivity index (χ0n) is 15.5. The van der Waals surface area contributed by atoms with Crippen molar-refractivity contribution in [2.75, 3.05) is 0 Å². The maximum absolute atomic E-state index is 13.0. The van der Waals surface area contributed by atoms with Crippen molar-refractivity contribution in [3.63, 3.8) is 0 Å². The minimum atomic E-state index is -1.02. The summed E-state index contributed by atoms with van der Waals surface area (Å²) in [6, 6.07) is 14.4. The van der Waals surface area contributed by atoms with Crippen LogP contribution >= 0.6 is 0 Å². The summed E-state index contributed by atoms with van der Waals surface area (Å²) in [5, 5.41) is 11.5. The highest BCUT2D eigenvalue weighted by molar-refractivity contribution is 6.13. The Morgan fingerprint density at radius 2 is 1.73 bits per heavy atom. The number of furan rings is 1. The monoisotopic (exact) mass is 406 g/mol. The first kappa shape index (κ1) is 19.1. The van der Waals surface area contributed by atoms with Gasteiger partial charge < -0.3 is 14.8 Å². The molecule has 0 radical (unpaired) electrons. The van der Waals surface area contributed by atoms with E-state index < -0.39 is 23.7 Å². The lowest BCUT2D eigenvalue weighted by Gasteiger charge is -2.11. The molecule has 0 saturated carbocycles. The molecule has 1 aliphatic rings. The molecule has 1 aromatic heterocycles. The van der Waals surface area contributed by atoms with Crippen LogP contribution in [0.3, 0.4) is 0 Å². The van der Waals surface area contributed by atoms with Crippen LogP contribution in [0.25, 0.3) is 17.4 Å². The predicted molar refractivity (Wildman–Crippen MR) is 105 cm³/mol. The molecule has 4 rings (SSSR count). The first-order valence-corrected chi connectivity index (χ1v) is 8.93. The Balaban J connectivity index is 1.51. The molecule has 150 valence electrons. The Bertz CT molecular complexity index is 1160. The van der Waals surface area contributed by atoms with E-state index in [2.05, 4.69) is 5.32 Å². The number of hydrogen-bond acceptors (Lipinski definition) is 4. The van der Waals surface area contributed by atoms with Crippen molar-refractivity contribution in [2.45, 2.75) is 6.54 Å². The van der Waals surface area contributed by atoms with Gasteiger partial charge in [-0.25, -0.2) is 14.0 Å². The maximum atomic E-state index is 13.0. The van der Waals surface area contributed by atoms with Crippen LogP contribution in [0.2, 0.25) is 0 Å². The summed E-state index contributed by atoms with van der Waals surface area (Å²) >= 11 is 0. The summed E-state index contributed by atoms with van der Waals surface area (Å²) in [6.45, 7) is 0.0155. The number of carboxylic acids is 1. The number of nitrogens with one attached hydrogen (secondary N) is 1. The lowest BCUT2D eigenvalue weighted by atomic mass is 10.1. The number of carbonyl (C=O) groups is 3. The van der Waals surface area contributed by atoms with Crippen LogP contribution in [0, 0.1) is 5.82 Å². The van der Waals surface area contributed by atoms with Gasteiger partial charge in [0.05, 0.1) is 12.1 Å². The molecular weight excluding hydrogens is 391 g/mol. The molecule has 0 bridgehead atoms. The molecule has 8 heteroatoms. The van der Waals surface area contributed by atoms with Gasteiger partial charge >= 0.3 is 12.0 Å². The molecule has 7 nitrogen and oxygen atoms in total. The van der Waals surface area contributed by atoms with Crippen molar-refractivity contribution in [1.29, 1.82) is 0 Å². The average Bonchev–Trinajstić information content (AvgIpc) is 3.30. The maximum Gasteiger partial charge on any atom is 0.335 e. The minimum Gasteiger partial charge on any atom is -0.478 e. The summed E-state index contributed by atoms with van der Waals surface area (Å²) in [5.41, 5.74) is 1.51. The highest BCUT2D eigenvalue weighted by Gasteiger charge is 2.33. The molecule has 1 aliphatic heterocycles. The molecular formula is C22H15FN2O5. The number of urea groups is 1. The zero-order chi connectivity index (χ0) is 21.3. The van der Waals surface area contributed by atoms with Crippen LogP contribution in [-0.4, -0.2) is 27.9 Å². The van der Waals surface area contributed by atoms with Crippen molar-refractivity contribution in [3.05, 3.63) is 89.1 Å². The quantitative estimate of drug-likeness (QED) is 0.495. The Kier molecular flexibility index (Phi) is 4.89. The van der Waals surface area contributed by atoms with Crippen LogP contribution in [-0.2, 0) is 11.3 Å². The standard InChI is InChI=1S/C22H15FN2O5/c23-16-7-1-13(2-8-16)12-25-20(26)18(24-22(25)29)11-17-9-10-19(30-17)14-3-5-15(6-4-14)21(27)28/h1-11H,12H2,(H,24,29)(H,27,28)/b18-11+. The van der Waals surface area contributed by atoms with Gasteiger partial charge in [-0.15, -0.1) is 0 Å². The summed E-state index contributed by atoms with van der Waals surface area (Å²) in [6.07, 6.45) is 1.42. The van der Waals surface area contributed by atoms with E-state index in [0.29, 0.717) is 22.6 Å². The van der Waals surface area contributed by atoms with E-state index in [0.717, 1.165) is 4.90 Å². The Labute approximate surface area is 170 Å². The molecule has 0 spiro atoms. The molecule has 1 saturated heterocycles. The number of halogens is 1. The minimum absolute atomic E-state index is 0.0155. The summed E-state index contributed by atoms with van der Waals surface area (Å²) in [5.74, 6) is -1.11. The van der Waals surface area contributed by atoms with E-state index in [9.17, 15) is 18.8 Å². The number of benzene rings is 2. The van der Waals surface area contributed by atoms with E-state index in [1.54, 1.807) is 24.3 Å². The molecule has 2 N–H and O–H groups in total. The van der Waals surface area contributed by atoms with Crippen molar-refractivity contribution in [2.24, 2.45) is 0 Å². The fourth-order valence-corrected chi connectivity index (χ4v) is 2.99. The van der Waals surface area contributed by atoms with Gasteiger partial charge in [0.25, 0.3) is 5.91 Å². The highest BCUT2D eigenvalue weighted by atomic mass is 19.1. The molecule has 0 atom stereocenters. The van der Waals surface area contributed by atoms with E-state index in [1.165, 1.54) is 42.5 Å². The predicted octanol–water partition coefficient (Wildman–Crippen LogP) is 3.88. The third kappa shape index (κ3) is 3.83. The van der Waals surface area contributed by atoms with Crippen LogP contribution in [0.1, 0.15) is 21.7 Å². The number of rotatable bonds is 5. The lowest BCUT2D eigenvalue weighted by molar-refractivity contribution is -0.123. The van der Waals surface area contributed by atoms with Crippen molar-refractivity contribution < 1.29 is 28.3 Å².